The molecule has 2 fully saturated rings. The summed E-state index contributed by atoms with van der Waals surface area (Å²) in [6.45, 7) is 9.37. The molecule has 2 saturated heterocycles. The van der Waals surface area contributed by atoms with Gasteiger partial charge < -0.3 is 19.5 Å². The lowest BCUT2D eigenvalue weighted by Crippen LogP contribution is -2.50. The van der Waals surface area contributed by atoms with Gasteiger partial charge in [-0.1, -0.05) is 0 Å². The summed E-state index contributed by atoms with van der Waals surface area (Å²) in [5.74, 6) is 0.687. The van der Waals surface area contributed by atoms with Crippen molar-refractivity contribution in [2.45, 2.75) is 32.4 Å². The molecule has 0 saturated carbocycles. The topological polar surface area (TPSA) is 49.7 Å². The van der Waals surface area contributed by atoms with E-state index in [2.05, 4.69) is 21.7 Å². The van der Waals surface area contributed by atoms with E-state index in [-0.39, 0.29) is 6.03 Å². The second-order valence-electron chi connectivity index (χ2n) is 6.87. The highest BCUT2D eigenvalue weighted by Crippen LogP contribution is 2.24. The lowest BCUT2D eigenvalue weighted by molar-refractivity contribution is 0.000254. The molecule has 1 atom stereocenters. The van der Waals surface area contributed by atoms with E-state index in [9.17, 15) is 4.79 Å². The third-order valence-corrected chi connectivity index (χ3v) is 5.44. The maximum atomic E-state index is 12.3. The number of carbonyl (C=O) groups is 1. The molecule has 2 aliphatic heterocycles. The van der Waals surface area contributed by atoms with Crippen molar-refractivity contribution in [2.24, 2.45) is 5.92 Å². The van der Waals surface area contributed by atoms with E-state index < -0.39 is 0 Å². The zero-order valence-electron chi connectivity index (χ0n) is 14.7. The molecule has 6 heteroatoms. The summed E-state index contributed by atoms with van der Waals surface area (Å²) in [5.41, 5.74) is 0. The Morgan fingerprint density at radius 3 is 2.50 bits per heavy atom. The Balaban J connectivity index is 1.37. The second kappa shape index (κ2) is 8.53. The van der Waals surface area contributed by atoms with Gasteiger partial charge in [0.15, 0.2) is 0 Å². The van der Waals surface area contributed by atoms with E-state index >= 15 is 0 Å². The largest absolute Gasteiger partial charge is 0.379 e. The molecule has 2 amide bonds. The summed E-state index contributed by atoms with van der Waals surface area (Å²) in [4.78, 5) is 16.8. The van der Waals surface area contributed by atoms with E-state index in [0.29, 0.717) is 18.5 Å². The van der Waals surface area contributed by atoms with Crippen LogP contribution in [0.1, 0.15) is 19.8 Å². The number of aromatic nitrogens is 1. The fourth-order valence-corrected chi connectivity index (χ4v) is 3.79. The first-order valence-corrected chi connectivity index (χ1v) is 9.19. The SMILES string of the molecule is C[C@H](C1CCN(C(=O)NCCn2cccc2)CC1)N1CCOCC1. The van der Waals surface area contributed by atoms with Crippen molar-refractivity contribution in [2.75, 3.05) is 45.9 Å². The molecular weight excluding hydrogens is 304 g/mol. The van der Waals surface area contributed by atoms with Crippen LogP contribution in [-0.4, -0.2) is 72.4 Å². The zero-order chi connectivity index (χ0) is 16.8. The predicted molar refractivity (Wildman–Crippen MR) is 94.0 cm³/mol. The Morgan fingerprint density at radius 1 is 1.17 bits per heavy atom. The first kappa shape index (κ1) is 17.3. The first-order chi connectivity index (χ1) is 11.7. The minimum Gasteiger partial charge on any atom is -0.379 e. The van der Waals surface area contributed by atoms with Gasteiger partial charge in [-0.15, -0.1) is 0 Å². The van der Waals surface area contributed by atoms with Gasteiger partial charge in [0.1, 0.15) is 0 Å². The molecule has 0 unspecified atom stereocenters. The normalized spacial score (nSPS) is 21.6. The fourth-order valence-electron chi connectivity index (χ4n) is 3.79. The van der Waals surface area contributed by atoms with Crippen LogP contribution in [0, 0.1) is 5.92 Å². The molecule has 24 heavy (non-hydrogen) atoms. The van der Waals surface area contributed by atoms with Crippen molar-refractivity contribution in [3.05, 3.63) is 24.5 Å². The van der Waals surface area contributed by atoms with Gasteiger partial charge in [0.2, 0.25) is 0 Å². The molecule has 1 N–H and O–H groups in total. The van der Waals surface area contributed by atoms with Gasteiger partial charge in [-0.05, 0) is 37.8 Å². The first-order valence-electron chi connectivity index (χ1n) is 9.19. The summed E-state index contributed by atoms with van der Waals surface area (Å²) in [7, 11) is 0. The van der Waals surface area contributed by atoms with Gasteiger partial charge in [0.25, 0.3) is 0 Å². The van der Waals surface area contributed by atoms with Crippen LogP contribution in [0.25, 0.3) is 0 Å². The number of rotatable bonds is 5. The number of amides is 2. The van der Waals surface area contributed by atoms with Crippen LogP contribution < -0.4 is 5.32 Å². The maximum Gasteiger partial charge on any atom is 0.317 e. The molecule has 0 spiro atoms. The van der Waals surface area contributed by atoms with Crippen LogP contribution in [0.4, 0.5) is 4.79 Å². The molecule has 3 heterocycles. The van der Waals surface area contributed by atoms with Crippen LogP contribution in [0.2, 0.25) is 0 Å². The van der Waals surface area contributed by atoms with Crippen LogP contribution >= 0.6 is 0 Å². The number of hydrogen-bond donors (Lipinski definition) is 1. The van der Waals surface area contributed by atoms with E-state index in [1.807, 2.05) is 29.4 Å². The molecule has 0 aromatic carbocycles. The number of hydrogen-bond acceptors (Lipinski definition) is 3. The van der Waals surface area contributed by atoms with Gasteiger partial charge in [-0.2, -0.15) is 0 Å². The highest BCUT2D eigenvalue weighted by atomic mass is 16.5. The van der Waals surface area contributed by atoms with Crippen LogP contribution in [0.5, 0.6) is 0 Å². The van der Waals surface area contributed by atoms with E-state index in [1.54, 1.807) is 0 Å². The standard InChI is InChI=1S/C18H30N4O2/c1-16(21-12-14-24-15-13-21)17-4-9-22(10-5-17)18(23)19-6-11-20-7-2-3-8-20/h2-3,7-8,16-17H,4-6,9-15H2,1H3,(H,19,23)/t16-/m1/s1. The fraction of sp³-hybridized carbons (Fsp3) is 0.722. The van der Waals surface area contributed by atoms with Gasteiger partial charge in [-0.25, -0.2) is 4.79 Å². The molecule has 0 radical (unpaired) electrons. The zero-order valence-corrected chi connectivity index (χ0v) is 14.7. The van der Waals surface area contributed by atoms with Crippen LogP contribution in [0.3, 0.4) is 0 Å². The number of likely N-dealkylation sites (tertiary alicyclic amines) is 1. The Kier molecular flexibility index (Phi) is 6.15. The third kappa shape index (κ3) is 4.51. The summed E-state index contributed by atoms with van der Waals surface area (Å²) in [6.07, 6.45) is 6.24. The van der Waals surface area contributed by atoms with Gasteiger partial charge in [-0.3, -0.25) is 4.90 Å². The molecule has 3 rings (SSSR count). The summed E-state index contributed by atoms with van der Waals surface area (Å²) >= 11 is 0. The number of carbonyl (C=O) groups excluding carboxylic acids is 1. The average molecular weight is 334 g/mol. The van der Waals surface area contributed by atoms with Crippen molar-refractivity contribution >= 4 is 6.03 Å². The summed E-state index contributed by atoms with van der Waals surface area (Å²) in [6, 6.07) is 4.68. The molecule has 0 bridgehead atoms. The van der Waals surface area contributed by atoms with E-state index in [0.717, 1.165) is 58.8 Å². The molecule has 1 aromatic heterocycles. The summed E-state index contributed by atoms with van der Waals surface area (Å²) < 4.78 is 7.53. The van der Waals surface area contributed by atoms with Crippen molar-refractivity contribution < 1.29 is 9.53 Å². The number of nitrogens with one attached hydrogen (secondary N) is 1. The monoisotopic (exact) mass is 334 g/mol. The minimum absolute atomic E-state index is 0.0830. The van der Waals surface area contributed by atoms with Crippen LogP contribution in [0.15, 0.2) is 24.5 Å². The van der Waals surface area contributed by atoms with Crippen molar-refractivity contribution in [3.8, 4) is 0 Å². The molecule has 0 aliphatic carbocycles. The lowest BCUT2D eigenvalue weighted by atomic mass is 9.89. The Bertz CT molecular complexity index is 491. The highest BCUT2D eigenvalue weighted by Gasteiger charge is 2.29. The number of urea groups is 1. The van der Waals surface area contributed by atoms with Crippen molar-refractivity contribution in [3.63, 3.8) is 0 Å². The Labute approximate surface area is 144 Å². The van der Waals surface area contributed by atoms with Crippen molar-refractivity contribution in [1.29, 1.82) is 0 Å². The second-order valence-corrected chi connectivity index (χ2v) is 6.87. The molecular formula is C18H30N4O2. The molecule has 2 aliphatic rings. The molecule has 6 nitrogen and oxygen atoms in total. The lowest BCUT2D eigenvalue weighted by Gasteiger charge is -2.41. The maximum absolute atomic E-state index is 12.3. The number of morpholine rings is 1. The number of nitrogens with zero attached hydrogens (tertiary/aromatic N) is 3. The minimum atomic E-state index is 0.0830. The molecule has 1 aromatic rings. The number of ether oxygens (including phenoxy) is 1. The highest BCUT2D eigenvalue weighted by molar-refractivity contribution is 5.74. The Morgan fingerprint density at radius 2 is 1.83 bits per heavy atom. The van der Waals surface area contributed by atoms with E-state index in [4.69, 9.17) is 4.74 Å². The van der Waals surface area contributed by atoms with Gasteiger partial charge in [0, 0.05) is 57.7 Å². The van der Waals surface area contributed by atoms with Crippen molar-refractivity contribution in [1.82, 2.24) is 19.7 Å². The quantitative estimate of drug-likeness (QED) is 0.890. The van der Waals surface area contributed by atoms with E-state index in [1.165, 1.54) is 0 Å². The smallest absolute Gasteiger partial charge is 0.317 e. The predicted octanol–water partition coefficient (Wildman–Crippen LogP) is 1.63. The average Bonchev–Trinajstić information content (AvgIpc) is 3.15. The Hall–Kier alpha value is -1.53. The van der Waals surface area contributed by atoms with Gasteiger partial charge >= 0.3 is 6.03 Å². The number of piperidine rings is 1. The van der Waals surface area contributed by atoms with Crippen LogP contribution in [-0.2, 0) is 11.3 Å². The van der Waals surface area contributed by atoms with Gasteiger partial charge in [0.05, 0.1) is 13.2 Å². The molecule has 134 valence electrons. The summed E-state index contributed by atoms with van der Waals surface area (Å²) in [5, 5.41) is 3.04. The third-order valence-electron chi connectivity index (χ3n) is 5.44.